The van der Waals surface area contributed by atoms with E-state index in [1.807, 2.05) is 0 Å². The first kappa shape index (κ1) is 10.1. The topological polar surface area (TPSA) is 51.0 Å². The Hall–Kier alpha value is -0.900. The third kappa shape index (κ3) is 1.79. The van der Waals surface area contributed by atoms with E-state index in [9.17, 15) is 0 Å². The highest BCUT2D eigenvalue weighted by atomic mass is 16.5. The smallest absolute Gasteiger partial charge is 0.229 e. The van der Waals surface area contributed by atoms with Gasteiger partial charge in [-0.3, -0.25) is 0 Å². The Balaban J connectivity index is 1.48. The average Bonchev–Trinajstić information content (AvgIpc) is 2.85. The lowest BCUT2D eigenvalue weighted by Crippen LogP contribution is -2.28. The molecule has 17 heavy (non-hydrogen) atoms. The van der Waals surface area contributed by atoms with E-state index in [0.717, 1.165) is 36.6 Å². The first-order chi connectivity index (χ1) is 8.40. The maximum absolute atomic E-state index is 5.48. The largest absolute Gasteiger partial charge is 0.339 e. The second-order valence-corrected chi connectivity index (χ2v) is 5.96. The van der Waals surface area contributed by atoms with Crippen LogP contribution in [0.25, 0.3) is 0 Å². The van der Waals surface area contributed by atoms with Crippen LogP contribution in [0.3, 0.4) is 0 Å². The lowest BCUT2D eigenvalue weighted by molar-refractivity contribution is 0.336. The molecule has 1 aromatic rings. The predicted octanol–water partition coefficient (Wildman–Crippen LogP) is 2.05. The summed E-state index contributed by atoms with van der Waals surface area (Å²) in [7, 11) is 0. The number of hydrogen-bond acceptors (Lipinski definition) is 4. The Morgan fingerprint density at radius 1 is 1.12 bits per heavy atom. The first-order valence-corrected chi connectivity index (χ1v) is 6.94. The lowest BCUT2D eigenvalue weighted by atomic mass is 9.99. The predicted molar refractivity (Wildman–Crippen MR) is 62.7 cm³/mol. The number of fused-ring (bicyclic) bond motifs is 1. The van der Waals surface area contributed by atoms with Gasteiger partial charge in [-0.25, -0.2) is 0 Å². The third-order valence-electron chi connectivity index (χ3n) is 4.71. The minimum absolute atomic E-state index is 0.470. The molecule has 1 saturated heterocycles. The van der Waals surface area contributed by atoms with Crippen LogP contribution in [0.5, 0.6) is 0 Å². The molecule has 2 aliphatic carbocycles. The van der Waals surface area contributed by atoms with Gasteiger partial charge in [0.15, 0.2) is 5.82 Å². The fraction of sp³-hybridized carbons (Fsp3) is 0.846. The molecule has 0 radical (unpaired) electrons. The number of nitrogens with zero attached hydrogens (tertiary/aromatic N) is 2. The third-order valence-corrected chi connectivity index (χ3v) is 4.71. The molecule has 3 aliphatic rings. The number of piperidine rings is 1. The highest BCUT2D eigenvalue weighted by Crippen LogP contribution is 2.57. The van der Waals surface area contributed by atoms with Crippen molar-refractivity contribution in [1.82, 2.24) is 15.5 Å². The second kappa shape index (κ2) is 3.80. The van der Waals surface area contributed by atoms with Crippen molar-refractivity contribution >= 4 is 0 Å². The minimum Gasteiger partial charge on any atom is -0.339 e. The van der Waals surface area contributed by atoms with Crippen LogP contribution in [0.15, 0.2) is 4.52 Å². The Kier molecular flexibility index (Phi) is 2.25. The van der Waals surface area contributed by atoms with Crippen LogP contribution in [-0.4, -0.2) is 23.2 Å². The molecule has 2 heterocycles. The molecule has 1 aromatic heterocycles. The lowest BCUT2D eigenvalue weighted by Gasteiger charge is -2.19. The molecular weight excluding hydrogens is 214 g/mol. The zero-order valence-electron chi connectivity index (χ0n) is 10.1. The van der Waals surface area contributed by atoms with Crippen molar-refractivity contribution < 1.29 is 4.52 Å². The number of aromatic nitrogens is 2. The zero-order chi connectivity index (χ0) is 11.2. The van der Waals surface area contributed by atoms with Crippen LogP contribution in [0.4, 0.5) is 0 Å². The normalized spacial score (nSPS) is 40.2. The Bertz CT molecular complexity index is 384. The van der Waals surface area contributed by atoms with E-state index in [1.165, 1.54) is 32.1 Å². The van der Waals surface area contributed by atoms with Gasteiger partial charge in [-0.15, -0.1) is 0 Å². The molecule has 1 aliphatic heterocycles. The standard InChI is InChI=1S/C13H19N3O/c1-2-8(7-14-3-1)12-15-13(17-16-12)11-5-9-4-10(9)6-11/h8-11,14H,1-7H2. The van der Waals surface area contributed by atoms with E-state index in [-0.39, 0.29) is 0 Å². The van der Waals surface area contributed by atoms with Crippen molar-refractivity contribution in [1.29, 1.82) is 0 Å². The summed E-state index contributed by atoms with van der Waals surface area (Å²) >= 11 is 0. The summed E-state index contributed by atoms with van der Waals surface area (Å²) in [6.07, 6.45) is 6.44. The molecule has 3 unspecified atom stereocenters. The molecule has 2 saturated carbocycles. The molecule has 0 amide bonds. The Labute approximate surface area is 101 Å². The van der Waals surface area contributed by atoms with Gasteiger partial charge in [0.05, 0.1) is 0 Å². The SMILES string of the molecule is C1CNCC(c2noc(C3CC4CC4C3)n2)C1. The fourth-order valence-corrected chi connectivity index (χ4v) is 3.57. The Morgan fingerprint density at radius 3 is 2.76 bits per heavy atom. The van der Waals surface area contributed by atoms with Gasteiger partial charge in [-0.2, -0.15) is 4.98 Å². The van der Waals surface area contributed by atoms with Gasteiger partial charge in [0.2, 0.25) is 5.89 Å². The maximum Gasteiger partial charge on any atom is 0.229 e. The summed E-state index contributed by atoms with van der Waals surface area (Å²) < 4.78 is 5.48. The van der Waals surface area contributed by atoms with Gasteiger partial charge in [0, 0.05) is 18.4 Å². The highest BCUT2D eigenvalue weighted by Gasteiger charge is 2.47. The zero-order valence-corrected chi connectivity index (χ0v) is 10.1. The number of rotatable bonds is 2. The van der Waals surface area contributed by atoms with Crippen LogP contribution in [0.2, 0.25) is 0 Å². The van der Waals surface area contributed by atoms with Crippen molar-refractivity contribution in [2.75, 3.05) is 13.1 Å². The van der Waals surface area contributed by atoms with E-state index in [4.69, 9.17) is 4.52 Å². The molecule has 0 bridgehead atoms. The van der Waals surface area contributed by atoms with Gasteiger partial charge < -0.3 is 9.84 Å². The molecule has 92 valence electrons. The molecule has 1 N–H and O–H groups in total. The summed E-state index contributed by atoms with van der Waals surface area (Å²) in [6.45, 7) is 2.14. The summed E-state index contributed by atoms with van der Waals surface area (Å²) in [5.74, 6) is 4.85. The molecule has 4 rings (SSSR count). The van der Waals surface area contributed by atoms with Crippen LogP contribution < -0.4 is 5.32 Å². The molecular formula is C13H19N3O. The monoisotopic (exact) mass is 233 g/mol. The number of hydrogen-bond donors (Lipinski definition) is 1. The quantitative estimate of drug-likeness (QED) is 0.849. The summed E-state index contributed by atoms with van der Waals surface area (Å²) in [4.78, 5) is 4.65. The van der Waals surface area contributed by atoms with Crippen molar-refractivity contribution in [2.45, 2.75) is 43.9 Å². The van der Waals surface area contributed by atoms with Crippen molar-refractivity contribution in [3.8, 4) is 0 Å². The van der Waals surface area contributed by atoms with Crippen LogP contribution in [0, 0.1) is 11.8 Å². The first-order valence-electron chi connectivity index (χ1n) is 6.94. The average molecular weight is 233 g/mol. The van der Waals surface area contributed by atoms with Crippen molar-refractivity contribution in [3.63, 3.8) is 0 Å². The highest BCUT2D eigenvalue weighted by molar-refractivity contribution is 5.08. The Morgan fingerprint density at radius 2 is 2.00 bits per heavy atom. The van der Waals surface area contributed by atoms with Gasteiger partial charge in [-0.05, 0) is 50.5 Å². The maximum atomic E-state index is 5.48. The molecule has 3 atom stereocenters. The summed E-state index contributed by atoms with van der Waals surface area (Å²) in [6, 6.07) is 0. The van der Waals surface area contributed by atoms with Gasteiger partial charge in [-0.1, -0.05) is 5.16 Å². The van der Waals surface area contributed by atoms with E-state index in [1.54, 1.807) is 0 Å². The molecule has 0 spiro atoms. The second-order valence-electron chi connectivity index (χ2n) is 5.96. The van der Waals surface area contributed by atoms with E-state index >= 15 is 0 Å². The van der Waals surface area contributed by atoms with Crippen LogP contribution in [0.1, 0.15) is 55.7 Å². The summed E-state index contributed by atoms with van der Waals surface area (Å²) in [5, 5.41) is 7.60. The molecule has 4 heteroatoms. The molecule has 3 fully saturated rings. The van der Waals surface area contributed by atoms with Crippen molar-refractivity contribution in [2.24, 2.45) is 11.8 Å². The fourth-order valence-electron chi connectivity index (χ4n) is 3.57. The van der Waals surface area contributed by atoms with E-state index in [2.05, 4.69) is 15.5 Å². The van der Waals surface area contributed by atoms with Crippen LogP contribution in [-0.2, 0) is 0 Å². The number of nitrogens with one attached hydrogen (secondary N) is 1. The van der Waals surface area contributed by atoms with E-state index in [0.29, 0.717) is 11.8 Å². The van der Waals surface area contributed by atoms with Gasteiger partial charge in [0.25, 0.3) is 0 Å². The molecule has 0 aromatic carbocycles. The van der Waals surface area contributed by atoms with Gasteiger partial charge in [0.1, 0.15) is 0 Å². The molecule has 4 nitrogen and oxygen atoms in total. The van der Waals surface area contributed by atoms with E-state index < -0.39 is 0 Å². The van der Waals surface area contributed by atoms with Crippen LogP contribution >= 0.6 is 0 Å². The van der Waals surface area contributed by atoms with Gasteiger partial charge >= 0.3 is 0 Å². The minimum atomic E-state index is 0.470. The van der Waals surface area contributed by atoms with Crippen molar-refractivity contribution in [3.05, 3.63) is 11.7 Å². The summed E-state index contributed by atoms with van der Waals surface area (Å²) in [5.41, 5.74) is 0.